The highest BCUT2D eigenvalue weighted by atomic mass is 79.9. The molecule has 0 spiro atoms. The highest BCUT2D eigenvalue weighted by Crippen LogP contribution is 2.22. The Hall–Kier alpha value is -1.30. The summed E-state index contributed by atoms with van der Waals surface area (Å²) in [5.41, 5.74) is 0.513. The van der Waals surface area contributed by atoms with Crippen LogP contribution in [0, 0.1) is 0 Å². The molecule has 1 N–H and O–H groups in total. The number of carbonyl (C=O) groups excluding carboxylic acids is 1. The third-order valence-electron chi connectivity index (χ3n) is 3.12. The molecule has 2 aromatic rings. The van der Waals surface area contributed by atoms with Gasteiger partial charge < -0.3 is 9.73 Å². The summed E-state index contributed by atoms with van der Waals surface area (Å²) in [6.45, 7) is 0.443. The van der Waals surface area contributed by atoms with Crippen LogP contribution in [0.1, 0.15) is 22.2 Å². The van der Waals surface area contributed by atoms with E-state index in [0.29, 0.717) is 21.6 Å². The van der Waals surface area contributed by atoms with E-state index >= 15 is 0 Å². The van der Waals surface area contributed by atoms with Gasteiger partial charge in [-0.05, 0) is 60.4 Å². The average Bonchev–Trinajstić information content (AvgIpc) is 2.95. The van der Waals surface area contributed by atoms with E-state index in [1.807, 2.05) is 31.1 Å². The van der Waals surface area contributed by atoms with Crippen molar-refractivity contribution in [2.45, 2.75) is 6.04 Å². The predicted molar refractivity (Wildman–Crippen MR) is 86.6 cm³/mol. The highest BCUT2D eigenvalue weighted by Gasteiger charge is 2.19. The van der Waals surface area contributed by atoms with Crippen molar-refractivity contribution in [3.05, 3.63) is 57.4 Å². The Bertz CT molecular complexity index is 614. The molecule has 0 radical (unpaired) electrons. The molecule has 1 heterocycles. The van der Waals surface area contributed by atoms with Gasteiger partial charge in [0, 0.05) is 16.0 Å². The maximum absolute atomic E-state index is 12.3. The van der Waals surface area contributed by atoms with E-state index in [-0.39, 0.29) is 11.9 Å². The van der Waals surface area contributed by atoms with Crippen LogP contribution < -0.4 is 5.32 Å². The molecule has 1 aromatic heterocycles. The number of carbonyl (C=O) groups is 1. The Balaban J connectivity index is 2.07. The molecule has 0 saturated heterocycles. The van der Waals surface area contributed by atoms with Crippen molar-refractivity contribution in [3.8, 4) is 0 Å². The third kappa shape index (κ3) is 4.09. The average molecular weight is 372 g/mol. The van der Waals surface area contributed by atoms with Gasteiger partial charge in [-0.25, -0.2) is 0 Å². The summed E-state index contributed by atoms with van der Waals surface area (Å²) in [4.78, 5) is 14.3. The zero-order chi connectivity index (χ0) is 15.4. The number of amides is 1. The molecular weight excluding hydrogens is 356 g/mol. The van der Waals surface area contributed by atoms with Crippen LogP contribution >= 0.6 is 27.5 Å². The summed E-state index contributed by atoms with van der Waals surface area (Å²) in [5.74, 6) is 0.633. The van der Waals surface area contributed by atoms with Gasteiger partial charge in [0.25, 0.3) is 5.91 Å². The van der Waals surface area contributed by atoms with Crippen molar-refractivity contribution >= 4 is 33.4 Å². The quantitative estimate of drug-likeness (QED) is 0.871. The van der Waals surface area contributed by atoms with Crippen molar-refractivity contribution in [2.24, 2.45) is 0 Å². The normalized spacial score (nSPS) is 12.4. The molecule has 0 saturated carbocycles. The molecule has 0 bridgehead atoms. The van der Waals surface area contributed by atoms with E-state index in [0.717, 1.165) is 5.76 Å². The standard InChI is InChI=1S/C15H16BrClN2O2/c1-19(2)13(14-4-3-7-21-14)9-18-15(20)11-8-10(17)5-6-12(11)16/h3-8,13H,9H2,1-2H3,(H,18,20). The first kappa shape index (κ1) is 16.1. The second-order valence-electron chi connectivity index (χ2n) is 4.83. The summed E-state index contributed by atoms with van der Waals surface area (Å²) < 4.78 is 6.13. The van der Waals surface area contributed by atoms with Crippen molar-refractivity contribution in [2.75, 3.05) is 20.6 Å². The maximum Gasteiger partial charge on any atom is 0.252 e. The van der Waals surface area contributed by atoms with E-state index in [1.165, 1.54) is 0 Å². The summed E-state index contributed by atoms with van der Waals surface area (Å²) in [5, 5.41) is 3.43. The van der Waals surface area contributed by atoms with E-state index in [9.17, 15) is 4.79 Å². The van der Waals surface area contributed by atoms with Crippen molar-refractivity contribution in [1.82, 2.24) is 10.2 Å². The number of hydrogen-bond donors (Lipinski definition) is 1. The minimum Gasteiger partial charge on any atom is -0.468 e. The van der Waals surface area contributed by atoms with Gasteiger partial charge in [-0.2, -0.15) is 0 Å². The zero-order valence-electron chi connectivity index (χ0n) is 11.8. The minimum absolute atomic E-state index is 0.0260. The fourth-order valence-corrected chi connectivity index (χ4v) is 2.57. The molecular formula is C15H16BrClN2O2. The van der Waals surface area contributed by atoms with Crippen LogP contribution in [0.15, 0.2) is 45.5 Å². The lowest BCUT2D eigenvalue weighted by Gasteiger charge is -2.22. The van der Waals surface area contributed by atoms with Gasteiger partial charge in [-0.3, -0.25) is 9.69 Å². The monoisotopic (exact) mass is 370 g/mol. The van der Waals surface area contributed by atoms with Crippen LogP contribution in [-0.4, -0.2) is 31.4 Å². The van der Waals surface area contributed by atoms with Crippen LogP contribution in [0.25, 0.3) is 0 Å². The number of rotatable bonds is 5. The van der Waals surface area contributed by atoms with Crippen LogP contribution in [0.3, 0.4) is 0 Å². The van der Waals surface area contributed by atoms with Crippen molar-refractivity contribution < 1.29 is 9.21 Å². The molecule has 0 aliphatic carbocycles. The molecule has 1 atom stereocenters. The van der Waals surface area contributed by atoms with Gasteiger partial charge in [-0.1, -0.05) is 11.6 Å². The Labute approximate surface area is 137 Å². The number of furan rings is 1. The largest absolute Gasteiger partial charge is 0.468 e. The third-order valence-corrected chi connectivity index (χ3v) is 4.05. The highest BCUT2D eigenvalue weighted by molar-refractivity contribution is 9.10. The van der Waals surface area contributed by atoms with E-state index < -0.39 is 0 Å². The summed E-state index contributed by atoms with van der Waals surface area (Å²) in [6.07, 6.45) is 1.63. The molecule has 21 heavy (non-hydrogen) atoms. The van der Waals surface area contributed by atoms with E-state index in [1.54, 1.807) is 24.5 Å². The van der Waals surface area contributed by atoms with Crippen molar-refractivity contribution in [1.29, 1.82) is 0 Å². The Morgan fingerprint density at radius 3 is 2.81 bits per heavy atom. The zero-order valence-corrected chi connectivity index (χ0v) is 14.1. The number of benzene rings is 1. The second kappa shape index (κ2) is 7.11. The van der Waals surface area contributed by atoms with Gasteiger partial charge in [0.1, 0.15) is 5.76 Å². The first-order valence-electron chi connectivity index (χ1n) is 6.42. The fourth-order valence-electron chi connectivity index (χ4n) is 1.97. The molecule has 0 fully saturated rings. The summed E-state index contributed by atoms with van der Waals surface area (Å²) in [7, 11) is 3.88. The van der Waals surface area contributed by atoms with Gasteiger partial charge in [-0.15, -0.1) is 0 Å². The number of nitrogens with zero attached hydrogens (tertiary/aromatic N) is 1. The summed E-state index contributed by atoms with van der Waals surface area (Å²) in [6, 6.07) is 8.83. The molecule has 112 valence electrons. The minimum atomic E-state index is -0.178. The van der Waals surface area contributed by atoms with Gasteiger partial charge >= 0.3 is 0 Å². The lowest BCUT2D eigenvalue weighted by Crippen LogP contribution is -2.34. The molecule has 0 aliphatic heterocycles. The Kier molecular flexibility index (Phi) is 5.45. The first-order chi connectivity index (χ1) is 9.99. The van der Waals surface area contributed by atoms with Gasteiger partial charge in [0.2, 0.25) is 0 Å². The molecule has 1 unspecified atom stereocenters. The fraction of sp³-hybridized carbons (Fsp3) is 0.267. The smallest absolute Gasteiger partial charge is 0.252 e. The van der Waals surface area contributed by atoms with Gasteiger partial charge in [0.05, 0.1) is 17.9 Å². The van der Waals surface area contributed by atoms with E-state index in [4.69, 9.17) is 16.0 Å². The van der Waals surface area contributed by atoms with Gasteiger partial charge in [0.15, 0.2) is 0 Å². The van der Waals surface area contributed by atoms with Crippen LogP contribution in [0.4, 0.5) is 0 Å². The lowest BCUT2D eigenvalue weighted by atomic mass is 10.1. The molecule has 1 amide bonds. The number of halogens is 2. The number of hydrogen-bond acceptors (Lipinski definition) is 3. The van der Waals surface area contributed by atoms with E-state index in [2.05, 4.69) is 21.2 Å². The number of likely N-dealkylation sites (N-methyl/N-ethyl adjacent to an activating group) is 1. The van der Waals surface area contributed by atoms with Crippen LogP contribution in [0.5, 0.6) is 0 Å². The molecule has 2 rings (SSSR count). The Morgan fingerprint density at radius 1 is 1.43 bits per heavy atom. The molecule has 0 aliphatic rings. The molecule has 1 aromatic carbocycles. The Morgan fingerprint density at radius 2 is 2.19 bits per heavy atom. The SMILES string of the molecule is CN(C)C(CNC(=O)c1cc(Cl)ccc1Br)c1ccco1. The topological polar surface area (TPSA) is 45.5 Å². The van der Waals surface area contributed by atoms with Crippen LogP contribution in [-0.2, 0) is 0 Å². The lowest BCUT2D eigenvalue weighted by molar-refractivity contribution is 0.0938. The van der Waals surface area contributed by atoms with Crippen molar-refractivity contribution in [3.63, 3.8) is 0 Å². The molecule has 4 nitrogen and oxygen atoms in total. The molecule has 6 heteroatoms. The second-order valence-corrected chi connectivity index (χ2v) is 6.12. The first-order valence-corrected chi connectivity index (χ1v) is 7.59. The summed E-state index contributed by atoms with van der Waals surface area (Å²) >= 11 is 9.29. The maximum atomic E-state index is 12.3. The van der Waals surface area contributed by atoms with Crippen LogP contribution in [0.2, 0.25) is 5.02 Å². The number of nitrogens with one attached hydrogen (secondary N) is 1. The predicted octanol–water partition coefficient (Wildman–Crippen LogP) is 3.73.